The van der Waals surface area contributed by atoms with E-state index in [1.54, 1.807) is 29.2 Å². The van der Waals surface area contributed by atoms with Gasteiger partial charge in [-0.05, 0) is 99.6 Å². The maximum Gasteiger partial charge on any atom is 0.416 e. The largest absolute Gasteiger partial charge is 0.416 e. The second kappa shape index (κ2) is 11.0. The van der Waals surface area contributed by atoms with Crippen molar-refractivity contribution < 1.29 is 30.8 Å². The molecule has 0 N–H and O–H groups in total. The summed E-state index contributed by atoms with van der Waals surface area (Å²) in [6.07, 6.45) is 3.52. The molecule has 9 nitrogen and oxygen atoms in total. The van der Waals surface area contributed by atoms with Crippen molar-refractivity contribution in [1.29, 1.82) is 0 Å². The molecule has 0 spiro atoms. The number of ketones is 1. The highest BCUT2D eigenvalue weighted by molar-refractivity contribution is 7.89. The Labute approximate surface area is 262 Å². The smallest absolute Gasteiger partial charge is 0.291 e. The van der Waals surface area contributed by atoms with Crippen LogP contribution in [0.1, 0.15) is 66.3 Å². The number of alkyl halides is 3. The van der Waals surface area contributed by atoms with E-state index in [2.05, 4.69) is 15.2 Å². The van der Waals surface area contributed by atoms with Gasteiger partial charge in [-0.2, -0.15) is 27.7 Å². The lowest BCUT2D eigenvalue weighted by Gasteiger charge is -2.46. The number of sulfonamides is 1. The molecule has 0 radical (unpaired) electrons. The molecule has 3 aromatic heterocycles. The van der Waals surface area contributed by atoms with E-state index in [0.29, 0.717) is 54.7 Å². The summed E-state index contributed by atoms with van der Waals surface area (Å²) in [6.45, 7) is 2.34. The van der Waals surface area contributed by atoms with Crippen molar-refractivity contribution in [3.05, 3.63) is 95.0 Å². The zero-order chi connectivity index (χ0) is 32.4. The summed E-state index contributed by atoms with van der Waals surface area (Å²) < 4.78 is 87.6. The number of aryl methyl sites for hydroxylation is 1. The van der Waals surface area contributed by atoms with Crippen LogP contribution in [0.15, 0.2) is 71.7 Å². The number of pyridine rings is 1. The summed E-state index contributed by atoms with van der Waals surface area (Å²) in [6, 6.07) is 7.97. The van der Waals surface area contributed by atoms with Crippen LogP contribution in [0.3, 0.4) is 0 Å². The molecule has 0 saturated heterocycles. The van der Waals surface area contributed by atoms with E-state index in [-0.39, 0.29) is 29.6 Å². The second-order valence-corrected chi connectivity index (χ2v) is 13.9. The van der Waals surface area contributed by atoms with Crippen molar-refractivity contribution in [2.24, 2.45) is 5.41 Å². The molecule has 2 atom stereocenters. The zero-order valence-electron chi connectivity index (χ0n) is 24.8. The molecule has 240 valence electrons. The van der Waals surface area contributed by atoms with Crippen LogP contribution in [0.25, 0.3) is 11.8 Å². The van der Waals surface area contributed by atoms with Gasteiger partial charge in [0, 0.05) is 31.0 Å². The maximum atomic E-state index is 14.6. The third kappa shape index (κ3) is 5.16. The summed E-state index contributed by atoms with van der Waals surface area (Å²) in [4.78, 5) is 18.6. The minimum Gasteiger partial charge on any atom is -0.291 e. The molecule has 4 aromatic rings. The van der Waals surface area contributed by atoms with E-state index >= 15 is 0 Å². The number of nitrogens with zero attached hydrogens (tertiary/aromatic N) is 6. The summed E-state index contributed by atoms with van der Waals surface area (Å²) in [5, 5.41) is 8.69. The fourth-order valence-corrected chi connectivity index (χ4v) is 8.68. The summed E-state index contributed by atoms with van der Waals surface area (Å²) in [5.41, 5.74) is -0.0757. The second-order valence-electron chi connectivity index (χ2n) is 12.1. The number of carbonyl (C=O) groups excluding carboxylic acids is 1. The van der Waals surface area contributed by atoms with Crippen LogP contribution in [-0.4, -0.2) is 55.1 Å². The van der Waals surface area contributed by atoms with Crippen LogP contribution in [0.2, 0.25) is 0 Å². The lowest BCUT2D eigenvalue weighted by atomic mass is 9.60. The third-order valence-electron chi connectivity index (χ3n) is 9.21. The zero-order valence-corrected chi connectivity index (χ0v) is 25.6. The van der Waals surface area contributed by atoms with Gasteiger partial charge in [0.2, 0.25) is 0 Å². The van der Waals surface area contributed by atoms with Crippen LogP contribution >= 0.6 is 0 Å². The van der Waals surface area contributed by atoms with Gasteiger partial charge in [0.25, 0.3) is 10.0 Å². The lowest BCUT2D eigenvalue weighted by Crippen LogP contribution is -2.51. The molecule has 3 heterocycles. The molecule has 3 aliphatic carbocycles. The van der Waals surface area contributed by atoms with Gasteiger partial charge >= 0.3 is 6.18 Å². The molecule has 3 aliphatic rings. The van der Waals surface area contributed by atoms with Crippen molar-refractivity contribution in [3.8, 4) is 5.69 Å². The maximum absolute atomic E-state index is 14.6. The average molecular weight is 655 g/mol. The van der Waals surface area contributed by atoms with Gasteiger partial charge in [-0.1, -0.05) is 5.57 Å². The number of rotatable bonds is 8. The normalized spacial score (nSPS) is 21.5. The Kier molecular flexibility index (Phi) is 7.27. The van der Waals surface area contributed by atoms with Crippen molar-refractivity contribution in [2.45, 2.75) is 75.3 Å². The Morgan fingerprint density at radius 3 is 2.52 bits per heavy atom. The summed E-state index contributed by atoms with van der Waals surface area (Å²) >= 11 is 0. The molecule has 0 amide bonds. The Balaban J connectivity index is 1.33. The first-order chi connectivity index (χ1) is 21.9. The predicted molar refractivity (Wildman–Crippen MR) is 159 cm³/mol. The number of hydrogen-bond donors (Lipinski definition) is 0. The molecule has 0 unspecified atom stereocenters. The number of aromatic nitrogens is 5. The van der Waals surface area contributed by atoms with Gasteiger partial charge < -0.3 is 0 Å². The Hall–Kier alpha value is -4.17. The van der Waals surface area contributed by atoms with Crippen LogP contribution in [0.4, 0.5) is 17.6 Å². The van der Waals surface area contributed by atoms with E-state index in [4.69, 9.17) is 0 Å². The van der Waals surface area contributed by atoms with E-state index in [1.165, 1.54) is 27.2 Å². The SMILES string of the molecule is CCn1ccc(S(=O)(=O)N(C2CC2)[C@H]2CCC3=Cc4c(cnn4-c4ccc(F)cc4)C[C@]3(C(=O)c3cc(C(F)(F)F)ccn3)C2)n1. The first-order valence-corrected chi connectivity index (χ1v) is 16.5. The molecule has 0 aliphatic heterocycles. The molecule has 2 fully saturated rings. The van der Waals surface area contributed by atoms with Crippen molar-refractivity contribution in [2.75, 3.05) is 0 Å². The Bertz CT molecular complexity index is 1960. The van der Waals surface area contributed by atoms with Crippen molar-refractivity contribution in [1.82, 2.24) is 28.9 Å². The predicted octanol–water partition coefficient (Wildman–Crippen LogP) is 5.86. The first-order valence-electron chi connectivity index (χ1n) is 15.1. The first kappa shape index (κ1) is 30.5. The van der Waals surface area contributed by atoms with Crippen molar-refractivity contribution >= 4 is 21.9 Å². The lowest BCUT2D eigenvalue weighted by molar-refractivity contribution is -0.137. The average Bonchev–Trinajstić information content (AvgIpc) is 3.57. The molecular formula is C32H30F4N6O3S. The number of fused-ring (bicyclic) bond motifs is 2. The Morgan fingerprint density at radius 2 is 1.85 bits per heavy atom. The van der Waals surface area contributed by atoms with Crippen LogP contribution in [0, 0.1) is 11.2 Å². The minimum absolute atomic E-state index is 0.0565. The number of carbonyl (C=O) groups is 1. The van der Waals surface area contributed by atoms with Crippen molar-refractivity contribution in [3.63, 3.8) is 0 Å². The minimum atomic E-state index is -4.68. The molecule has 1 aromatic carbocycles. The third-order valence-corrected chi connectivity index (χ3v) is 11.1. The molecule has 14 heteroatoms. The highest BCUT2D eigenvalue weighted by atomic mass is 32.2. The van der Waals surface area contributed by atoms with Crippen LogP contribution < -0.4 is 0 Å². The van der Waals surface area contributed by atoms with Gasteiger partial charge in [-0.15, -0.1) is 0 Å². The topological polar surface area (TPSA) is 103 Å². The highest BCUT2D eigenvalue weighted by Gasteiger charge is 2.54. The van der Waals surface area contributed by atoms with Gasteiger partial charge in [-0.3, -0.25) is 14.5 Å². The molecular weight excluding hydrogens is 624 g/mol. The van der Waals surface area contributed by atoms with Gasteiger partial charge in [-0.25, -0.2) is 17.5 Å². The summed E-state index contributed by atoms with van der Waals surface area (Å²) in [5.74, 6) is -1.01. The van der Waals surface area contributed by atoms with E-state index in [0.717, 1.165) is 18.3 Å². The van der Waals surface area contributed by atoms with Gasteiger partial charge in [0.15, 0.2) is 10.8 Å². The number of hydrogen-bond acceptors (Lipinski definition) is 6. The van der Waals surface area contributed by atoms with Crippen LogP contribution in [0.5, 0.6) is 0 Å². The number of benzene rings is 1. The summed E-state index contributed by atoms with van der Waals surface area (Å²) in [7, 11) is -4.04. The van der Waals surface area contributed by atoms with Gasteiger partial charge in [0.05, 0.1) is 28.6 Å². The molecule has 46 heavy (non-hydrogen) atoms. The molecule has 7 rings (SSSR count). The monoisotopic (exact) mass is 654 g/mol. The molecule has 2 saturated carbocycles. The fraction of sp³-hybridized carbons (Fsp3) is 0.375. The van der Waals surface area contributed by atoms with E-state index in [9.17, 15) is 30.8 Å². The molecule has 0 bridgehead atoms. The number of allylic oxidation sites excluding steroid dienone is 1. The highest BCUT2D eigenvalue weighted by Crippen LogP contribution is 2.52. The van der Waals surface area contributed by atoms with Crippen LogP contribution in [-0.2, 0) is 29.2 Å². The van der Waals surface area contributed by atoms with E-state index in [1.807, 2.05) is 13.0 Å². The fourth-order valence-electron chi connectivity index (χ4n) is 6.85. The number of halogens is 4. The quantitative estimate of drug-likeness (QED) is 0.174. The standard InChI is InChI=1S/C32H30F4N6O3S/c1-2-40-14-12-29(39-40)46(44,45)42(25-9-10-25)26-6-3-21-16-28-20(19-38-41(28)24-7-4-23(33)5-8-24)17-31(21,18-26)30(43)27-15-22(11-13-37-27)32(34,35)36/h4-5,7-8,11-16,19,25-26H,2-3,6,9-10,17-18H2,1H3/t26-,31-/m0/s1. The Morgan fingerprint density at radius 1 is 1.09 bits per heavy atom. The van der Waals surface area contributed by atoms with Gasteiger partial charge in [0.1, 0.15) is 11.5 Å². The van der Waals surface area contributed by atoms with E-state index < -0.39 is 44.8 Å². The number of Topliss-reactive ketones (excluding diaryl/α,β-unsaturated/α-hetero) is 1.